The van der Waals surface area contributed by atoms with E-state index in [1.54, 1.807) is 24.5 Å². The lowest BCUT2D eigenvalue weighted by Gasteiger charge is -2.28. The molecule has 0 aliphatic heterocycles. The van der Waals surface area contributed by atoms with Gasteiger partial charge in [0.25, 0.3) is 0 Å². The molecular weight excluding hydrogens is 351 g/mol. The van der Waals surface area contributed by atoms with Crippen LogP contribution in [0, 0.1) is 5.82 Å². The Hall–Kier alpha value is -2.87. The van der Waals surface area contributed by atoms with Gasteiger partial charge in [-0.1, -0.05) is 11.8 Å². The number of halogens is 1. The summed E-state index contributed by atoms with van der Waals surface area (Å²) in [6.07, 6.45) is 3.36. The first kappa shape index (κ1) is 17.9. The van der Waals surface area contributed by atoms with Crippen molar-refractivity contribution in [2.45, 2.75) is 29.7 Å². The maximum absolute atomic E-state index is 14.7. The number of anilines is 4. The summed E-state index contributed by atoms with van der Waals surface area (Å²) < 4.78 is 14.7. The van der Waals surface area contributed by atoms with Gasteiger partial charge in [0.2, 0.25) is 5.95 Å². The summed E-state index contributed by atoms with van der Waals surface area (Å²) in [6, 6.07) is 10.4. The normalized spacial score (nSPS) is 10.9. The van der Waals surface area contributed by atoms with Crippen molar-refractivity contribution >= 4 is 35.0 Å². The third-order valence-corrected chi connectivity index (χ3v) is 4.64. The summed E-state index contributed by atoms with van der Waals surface area (Å²) in [7, 11) is 0. The number of benzene rings is 1. The highest BCUT2D eigenvalue weighted by Crippen LogP contribution is 2.34. The third-order valence-electron chi connectivity index (χ3n) is 3.58. The highest BCUT2D eigenvalue weighted by atomic mass is 32.2. The quantitative estimate of drug-likeness (QED) is 0.704. The van der Waals surface area contributed by atoms with E-state index in [1.165, 1.54) is 17.8 Å². The molecular formula is C18H19FN6S. The van der Waals surface area contributed by atoms with Gasteiger partial charge < -0.3 is 16.4 Å². The molecule has 0 bridgehead atoms. The number of nitrogens with two attached hydrogens (primary N) is 2. The first-order valence-corrected chi connectivity index (χ1v) is 8.82. The fourth-order valence-corrected chi connectivity index (χ4v) is 3.35. The average Bonchev–Trinajstić information content (AvgIpc) is 2.57. The molecule has 1 aromatic carbocycles. The molecule has 0 saturated heterocycles. The number of rotatable bonds is 5. The summed E-state index contributed by atoms with van der Waals surface area (Å²) in [4.78, 5) is 15.4. The van der Waals surface area contributed by atoms with Gasteiger partial charge in [-0.05, 0) is 44.2 Å². The van der Waals surface area contributed by atoms with Crippen LogP contribution in [0.1, 0.15) is 13.8 Å². The maximum atomic E-state index is 14.7. The van der Waals surface area contributed by atoms with E-state index in [4.69, 9.17) is 11.5 Å². The van der Waals surface area contributed by atoms with Crippen molar-refractivity contribution in [3.05, 3.63) is 54.6 Å². The Morgan fingerprint density at radius 2 is 1.77 bits per heavy atom. The zero-order chi connectivity index (χ0) is 18.7. The van der Waals surface area contributed by atoms with E-state index < -0.39 is 0 Å². The average molecular weight is 370 g/mol. The molecule has 6 nitrogen and oxygen atoms in total. The second-order valence-corrected chi connectivity index (χ2v) is 6.99. The predicted molar refractivity (Wildman–Crippen MR) is 103 cm³/mol. The van der Waals surface area contributed by atoms with Crippen LogP contribution in [0.5, 0.6) is 0 Å². The zero-order valence-electron chi connectivity index (χ0n) is 14.4. The molecule has 0 atom stereocenters. The summed E-state index contributed by atoms with van der Waals surface area (Å²) in [5.74, 6) is 0.559. The van der Waals surface area contributed by atoms with Crippen LogP contribution in [-0.4, -0.2) is 21.0 Å². The fraction of sp³-hybridized carbons (Fsp3) is 0.167. The Kier molecular flexibility index (Phi) is 5.22. The van der Waals surface area contributed by atoms with Crippen molar-refractivity contribution in [1.82, 2.24) is 15.0 Å². The first-order chi connectivity index (χ1) is 12.4. The molecule has 0 unspecified atom stereocenters. The standard InChI is InChI=1S/C18H19FN6S/c1-11(2)25(17-10-16(20)23-18(21)24-17)12-3-4-15(14(19)9-12)26-13-5-7-22-8-6-13/h3-11H,1-2H3,(H4,20,21,23,24). The molecule has 0 spiro atoms. The highest BCUT2D eigenvalue weighted by Gasteiger charge is 2.18. The molecule has 0 amide bonds. The van der Waals surface area contributed by atoms with Crippen molar-refractivity contribution < 1.29 is 4.39 Å². The second kappa shape index (κ2) is 7.57. The first-order valence-electron chi connectivity index (χ1n) is 8.00. The third kappa shape index (κ3) is 4.02. The van der Waals surface area contributed by atoms with E-state index in [0.29, 0.717) is 16.4 Å². The molecule has 2 heterocycles. The minimum absolute atomic E-state index is 0.0156. The fourth-order valence-electron chi connectivity index (χ4n) is 2.55. The van der Waals surface area contributed by atoms with Gasteiger partial charge in [-0.2, -0.15) is 9.97 Å². The van der Waals surface area contributed by atoms with E-state index in [0.717, 1.165) is 4.90 Å². The molecule has 2 aromatic heterocycles. The van der Waals surface area contributed by atoms with Crippen LogP contribution in [0.2, 0.25) is 0 Å². The zero-order valence-corrected chi connectivity index (χ0v) is 15.2. The van der Waals surface area contributed by atoms with Crippen molar-refractivity contribution in [1.29, 1.82) is 0 Å². The number of hydrogen-bond donors (Lipinski definition) is 2. The van der Waals surface area contributed by atoms with Gasteiger partial charge >= 0.3 is 0 Å². The molecule has 0 fully saturated rings. The molecule has 0 radical (unpaired) electrons. The van der Waals surface area contributed by atoms with Gasteiger partial charge in [-0.25, -0.2) is 4.39 Å². The van der Waals surface area contributed by atoms with Crippen LogP contribution in [0.15, 0.2) is 58.6 Å². The van der Waals surface area contributed by atoms with Gasteiger partial charge in [0.1, 0.15) is 17.5 Å². The molecule has 0 aliphatic rings. The molecule has 3 aromatic rings. The second-order valence-electron chi connectivity index (χ2n) is 5.87. The van der Waals surface area contributed by atoms with E-state index in [-0.39, 0.29) is 23.6 Å². The highest BCUT2D eigenvalue weighted by molar-refractivity contribution is 7.99. The molecule has 134 valence electrons. The minimum Gasteiger partial charge on any atom is -0.383 e. The van der Waals surface area contributed by atoms with Crippen LogP contribution in [0.25, 0.3) is 0 Å². The number of hydrogen-bond acceptors (Lipinski definition) is 7. The monoisotopic (exact) mass is 370 g/mol. The Bertz CT molecular complexity index is 883. The summed E-state index contributed by atoms with van der Waals surface area (Å²) in [5, 5.41) is 0. The summed E-state index contributed by atoms with van der Waals surface area (Å²) in [6.45, 7) is 3.96. The van der Waals surface area contributed by atoms with Crippen LogP contribution < -0.4 is 16.4 Å². The number of nitrogens with zero attached hydrogens (tertiary/aromatic N) is 4. The van der Waals surface area contributed by atoms with E-state index in [9.17, 15) is 4.39 Å². The lowest BCUT2D eigenvalue weighted by Crippen LogP contribution is -2.27. The van der Waals surface area contributed by atoms with Crippen LogP contribution in [0.4, 0.5) is 27.7 Å². The molecule has 0 aliphatic carbocycles. The predicted octanol–water partition coefficient (Wildman–Crippen LogP) is 3.87. The van der Waals surface area contributed by atoms with Gasteiger partial charge in [-0.15, -0.1) is 0 Å². The molecule has 0 saturated carbocycles. The van der Waals surface area contributed by atoms with Crippen molar-refractivity contribution in [3.8, 4) is 0 Å². The van der Waals surface area contributed by atoms with Crippen LogP contribution >= 0.6 is 11.8 Å². The maximum Gasteiger partial charge on any atom is 0.223 e. The largest absolute Gasteiger partial charge is 0.383 e. The number of pyridine rings is 1. The van der Waals surface area contributed by atoms with Gasteiger partial charge in [0.15, 0.2) is 0 Å². The molecule has 26 heavy (non-hydrogen) atoms. The van der Waals surface area contributed by atoms with Crippen molar-refractivity contribution in [2.24, 2.45) is 0 Å². The lowest BCUT2D eigenvalue weighted by atomic mass is 10.2. The van der Waals surface area contributed by atoms with Crippen LogP contribution in [0.3, 0.4) is 0 Å². The Morgan fingerprint density at radius 1 is 1.04 bits per heavy atom. The van der Waals surface area contributed by atoms with Gasteiger partial charge in [-0.3, -0.25) is 4.98 Å². The Balaban J connectivity index is 1.94. The van der Waals surface area contributed by atoms with Crippen molar-refractivity contribution in [2.75, 3.05) is 16.4 Å². The SMILES string of the molecule is CC(C)N(c1ccc(Sc2ccncc2)c(F)c1)c1cc(N)nc(N)n1. The molecule has 4 N–H and O–H groups in total. The summed E-state index contributed by atoms with van der Waals surface area (Å²) >= 11 is 1.34. The molecule has 8 heteroatoms. The number of aromatic nitrogens is 3. The lowest BCUT2D eigenvalue weighted by molar-refractivity contribution is 0.601. The summed E-state index contributed by atoms with van der Waals surface area (Å²) in [5.41, 5.74) is 12.1. The topological polar surface area (TPSA) is 94.0 Å². The van der Waals surface area contributed by atoms with Crippen LogP contribution in [-0.2, 0) is 0 Å². The van der Waals surface area contributed by atoms with Gasteiger partial charge in [0.05, 0.1) is 0 Å². The Labute approximate surface area is 155 Å². The molecule has 3 rings (SSSR count). The van der Waals surface area contributed by atoms with E-state index in [2.05, 4.69) is 15.0 Å². The minimum atomic E-state index is -0.315. The number of nitrogen functional groups attached to an aromatic ring is 2. The van der Waals surface area contributed by atoms with Gasteiger partial charge in [0, 0.05) is 40.0 Å². The van der Waals surface area contributed by atoms with Crippen molar-refractivity contribution in [3.63, 3.8) is 0 Å². The van der Waals surface area contributed by atoms with E-state index >= 15 is 0 Å². The smallest absolute Gasteiger partial charge is 0.223 e. The Morgan fingerprint density at radius 3 is 2.38 bits per heavy atom. The van der Waals surface area contributed by atoms with E-state index in [1.807, 2.05) is 36.9 Å².